The smallest absolute Gasteiger partial charge is 0.0935 e. The summed E-state index contributed by atoms with van der Waals surface area (Å²) in [5.74, 6) is 0. The maximum Gasteiger partial charge on any atom is 0.0935 e. The van der Waals surface area contributed by atoms with Crippen molar-refractivity contribution >= 4 is 0 Å². The Morgan fingerprint density at radius 2 is 2.07 bits per heavy atom. The zero-order chi connectivity index (χ0) is 10.7. The van der Waals surface area contributed by atoms with Crippen LogP contribution in [-0.2, 0) is 6.42 Å². The second-order valence-electron chi connectivity index (χ2n) is 4.52. The predicted octanol–water partition coefficient (Wildman–Crippen LogP) is 1.88. The Kier molecular flexibility index (Phi) is 3.12. The van der Waals surface area contributed by atoms with Crippen LogP contribution in [0.15, 0.2) is 23.0 Å². The van der Waals surface area contributed by atoms with Gasteiger partial charge in [0.05, 0.1) is 24.2 Å². The van der Waals surface area contributed by atoms with E-state index in [1.165, 1.54) is 6.42 Å². The van der Waals surface area contributed by atoms with Gasteiger partial charge in [-0.1, -0.05) is 19.3 Å². The van der Waals surface area contributed by atoms with Gasteiger partial charge in [0, 0.05) is 6.42 Å². The van der Waals surface area contributed by atoms with Crippen molar-refractivity contribution in [2.75, 3.05) is 0 Å². The SMILES string of the molecule is OC(Cc1ccoc1)C1(O)CCCCC1. The zero-order valence-corrected chi connectivity index (χ0v) is 8.85. The minimum absolute atomic E-state index is 0.479. The summed E-state index contributed by atoms with van der Waals surface area (Å²) in [7, 11) is 0. The standard InChI is InChI=1S/C12H18O3/c13-11(8-10-4-7-15-9-10)12(14)5-2-1-3-6-12/h4,7,9,11,13-14H,1-3,5-6,8H2. The van der Waals surface area contributed by atoms with E-state index >= 15 is 0 Å². The Morgan fingerprint density at radius 1 is 1.33 bits per heavy atom. The summed E-state index contributed by atoms with van der Waals surface area (Å²) in [5.41, 5.74) is 0.0664. The second kappa shape index (κ2) is 4.37. The first kappa shape index (κ1) is 10.7. The maximum absolute atomic E-state index is 10.3. The third-order valence-corrected chi connectivity index (χ3v) is 3.35. The first-order valence-corrected chi connectivity index (χ1v) is 5.62. The van der Waals surface area contributed by atoms with E-state index in [1.807, 2.05) is 6.07 Å². The molecule has 0 aliphatic heterocycles. The molecule has 1 heterocycles. The summed E-state index contributed by atoms with van der Waals surface area (Å²) in [5, 5.41) is 20.3. The molecule has 2 rings (SSSR count). The van der Waals surface area contributed by atoms with Crippen LogP contribution in [-0.4, -0.2) is 21.9 Å². The van der Waals surface area contributed by atoms with Crippen molar-refractivity contribution in [2.45, 2.75) is 50.2 Å². The molecule has 0 aromatic carbocycles. The normalized spacial score (nSPS) is 22.5. The fourth-order valence-corrected chi connectivity index (χ4v) is 2.32. The molecule has 1 saturated carbocycles. The molecule has 0 radical (unpaired) electrons. The highest BCUT2D eigenvalue weighted by molar-refractivity contribution is 5.09. The van der Waals surface area contributed by atoms with Crippen LogP contribution in [0.5, 0.6) is 0 Å². The number of aliphatic hydroxyl groups is 2. The van der Waals surface area contributed by atoms with Gasteiger partial charge in [0.1, 0.15) is 0 Å². The fraction of sp³-hybridized carbons (Fsp3) is 0.667. The molecule has 3 heteroatoms. The topological polar surface area (TPSA) is 53.6 Å². The van der Waals surface area contributed by atoms with Gasteiger partial charge in [-0.3, -0.25) is 0 Å². The van der Waals surface area contributed by atoms with Gasteiger partial charge in [-0.05, 0) is 24.5 Å². The van der Waals surface area contributed by atoms with Gasteiger partial charge >= 0.3 is 0 Å². The van der Waals surface area contributed by atoms with E-state index in [2.05, 4.69) is 0 Å². The summed E-state index contributed by atoms with van der Waals surface area (Å²) < 4.78 is 4.94. The molecule has 2 N–H and O–H groups in total. The third kappa shape index (κ3) is 2.41. The number of hydrogen-bond donors (Lipinski definition) is 2. The van der Waals surface area contributed by atoms with Crippen molar-refractivity contribution in [3.05, 3.63) is 24.2 Å². The van der Waals surface area contributed by atoms with Gasteiger partial charge in [0.15, 0.2) is 0 Å². The summed E-state index contributed by atoms with van der Waals surface area (Å²) in [6.07, 6.45) is 7.64. The molecule has 1 aliphatic rings. The highest BCUT2D eigenvalue weighted by Gasteiger charge is 2.36. The van der Waals surface area contributed by atoms with Crippen molar-refractivity contribution in [2.24, 2.45) is 0 Å². The van der Waals surface area contributed by atoms with Gasteiger partial charge in [0.25, 0.3) is 0 Å². The van der Waals surface area contributed by atoms with Crippen LogP contribution < -0.4 is 0 Å². The van der Waals surface area contributed by atoms with E-state index in [0.717, 1.165) is 18.4 Å². The first-order chi connectivity index (χ1) is 7.21. The number of hydrogen-bond acceptors (Lipinski definition) is 3. The molecule has 0 spiro atoms. The van der Waals surface area contributed by atoms with Crippen molar-refractivity contribution in [1.29, 1.82) is 0 Å². The molecule has 84 valence electrons. The van der Waals surface area contributed by atoms with E-state index in [4.69, 9.17) is 4.42 Å². The van der Waals surface area contributed by atoms with Crippen molar-refractivity contribution < 1.29 is 14.6 Å². The third-order valence-electron chi connectivity index (χ3n) is 3.35. The molecule has 1 aromatic heterocycles. The lowest BCUT2D eigenvalue weighted by Crippen LogP contribution is -2.45. The van der Waals surface area contributed by atoms with Crippen LogP contribution >= 0.6 is 0 Å². The predicted molar refractivity (Wildman–Crippen MR) is 56.5 cm³/mol. The summed E-state index contributed by atoms with van der Waals surface area (Å²) in [6.45, 7) is 0. The van der Waals surface area contributed by atoms with Crippen LogP contribution in [0, 0.1) is 0 Å². The molecular weight excluding hydrogens is 192 g/mol. The molecule has 1 aromatic rings. The summed E-state index contributed by atoms with van der Waals surface area (Å²) in [6, 6.07) is 1.83. The van der Waals surface area contributed by atoms with Gasteiger partial charge in [-0.15, -0.1) is 0 Å². The summed E-state index contributed by atoms with van der Waals surface area (Å²) in [4.78, 5) is 0. The number of furan rings is 1. The van der Waals surface area contributed by atoms with E-state index < -0.39 is 11.7 Å². The average molecular weight is 210 g/mol. The van der Waals surface area contributed by atoms with E-state index in [-0.39, 0.29) is 0 Å². The lowest BCUT2D eigenvalue weighted by molar-refractivity contribution is -0.0960. The Labute approximate surface area is 89.7 Å². The highest BCUT2D eigenvalue weighted by Crippen LogP contribution is 2.32. The Bertz CT molecular complexity index is 286. The first-order valence-electron chi connectivity index (χ1n) is 5.62. The minimum Gasteiger partial charge on any atom is -0.472 e. The lowest BCUT2D eigenvalue weighted by atomic mass is 9.79. The molecule has 1 fully saturated rings. The average Bonchev–Trinajstić information content (AvgIpc) is 2.71. The van der Waals surface area contributed by atoms with Crippen LogP contribution in [0.3, 0.4) is 0 Å². The van der Waals surface area contributed by atoms with Gasteiger partial charge in [-0.25, -0.2) is 0 Å². The Morgan fingerprint density at radius 3 is 2.67 bits per heavy atom. The molecule has 15 heavy (non-hydrogen) atoms. The minimum atomic E-state index is -0.879. The maximum atomic E-state index is 10.3. The van der Waals surface area contributed by atoms with Crippen molar-refractivity contribution in [3.8, 4) is 0 Å². The second-order valence-corrected chi connectivity index (χ2v) is 4.52. The summed E-state index contributed by atoms with van der Waals surface area (Å²) >= 11 is 0. The van der Waals surface area contributed by atoms with Crippen molar-refractivity contribution in [1.82, 2.24) is 0 Å². The molecule has 1 unspecified atom stereocenters. The van der Waals surface area contributed by atoms with E-state index in [9.17, 15) is 10.2 Å². The van der Waals surface area contributed by atoms with E-state index in [1.54, 1.807) is 12.5 Å². The molecule has 0 bridgehead atoms. The van der Waals surface area contributed by atoms with Gasteiger partial charge in [-0.2, -0.15) is 0 Å². The highest BCUT2D eigenvalue weighted by atomic mass is 16.3. The van der Waals surface area contributed by atoms with E-state index in [0.29, 0.717) is 19.3 Å². The number of aliphatic hydroxyl groups excluding tert-OH is 1. The van der Waals surface area contributed by atoms with Crippen LogP contribution in [0.2, 0.25) is 0 Å². The molecule has 1 atom stereocenters. The molecule has 1 aliphatic carbocycles. The molecule has 0 saturated heterocycles. The molecular formula is C12H18O3. The van der Waals surface area contributed by atoms with Crippen LogP contribution in [0.25, 0.3) is 0 Å². The van der Waals surface area contributed by atoms with Crippen LogP contribution in [0.4, 0.5) is 0 Å². The van der Waals surface area contributed by atoms with Gasteiger partial charge in [0.2, 0.25) is 0 Å². The monoisotopic (exact) mass is 210 g/mol. The molecule has 0 amide bonds. The van der Waals surface area contributed by atoms with Crippen molar-refractivity contribution in [3.63, 3.8) is 0 Å². The zero-order valence-electron chi connectivity index (χ0n) is 8.85. The fourth-order valence-electron chi connectivity index (χ4n) is 2.32. The van der Waals surface area contributed by atoms with Gasteiger partial charge < -0.3 is 14.6 Å². The number of rotatable bonds is 3. The Balaban J connectivity index is 1.97. The Hall–Kier alpha value is -0.800. The molecule has 3 nitrogen and oxygen atoms in total. The lowest BCUT2D eigenvalue weighted by Gasteiger charge is -2.36. The van der Waals surface area contributed by atoms with Crippen LogP contribution in [0.1, 0.15) is 37.7 Å². The quantitative estimate of drug-likeness (QED) is 0.800. The largest absolute Gasteiger partial charge is 0.472 e.